The summed E-state index contributed by atoms with van der Waals surface area (Å²) in [6.07, 6.45) is 1.60. The minimum Gasteiger partial charge on any atom is -0.488 e. The molecule has 0 saturated carbocycles. The van der Waals surface area contributed by atoms with E-state index in [4.69, 9.17) is 17.0 Å². The van der Waals surface area contributed by atoms with Crippen molar-refractivity contribution in [2.45, 2.75) is 6.61 Å². The molecule has 0 bridgehead atoms. The van der Waals surface area contributed by atoms with Crippen LogP contribution in [0.1, 0.15) is 11.1 Å². The third kappa shape index (κ3) is 4.19. The molecule has 166 valence electrons. The van der Waals surface area contributed by atoms with Crippen LogP contribution in [0, 0.1) is 0 Å². The molecule has 1 heterocycles. The summed E-state index contributed by atoms with van der Waals surface area (Å²) in [5.74, 6) is -0.443. The van der Waals surface area contributed by atoms with Gasteiger partial charge in [-0.1, -0.05) is 78.9 Å². The number of rotatable bonds is 5. The van der Waals surface area contributed by atoms with Crippen LogP contribution in [0.3, 0.4) is 0 Å². The number of benzene rings is 4. The van der Waals surface area contributed by atoms with Crippen molar-refractivity contribution in [3.63, 3.8) is 0 Å². The molecule has 1 saturated heterocycles. The second-order valence-corrected chi connectivity index (χ2v) is 8.15. The average molecular weight is 465 g/mol. The van der Waals surface area contributed by atoms with Gasteiger partial charge in [-0.3, -0.25) is 19.8 Å². The molecule has 1 N–H and O–H groups in total. The summed E-state index contributed by atoms with van der Waals surface area (Å²) in [4.78, 5) is 27.6. The third-order valence-corrected chi connectivity index (χ3v) is 5.86. The Balaban J connectivity index is 1.59. The lowest BCUT2D eigenvalue weighted by Crippen LogP contribution is -2.54. The lowest BCUT2D eigenvalue weighted by molar-refractivity contribution is -0.122. The van der Waals surface area contributed by atoms with E-state index < -0.39 is 11.8 Å². The molecule has 0 aliphatic carbocycles. The number of nitrogens with zero attached hydrogens (tertiary/aromatic N) is 1. The highest BCUT2D eigenvalue weighted by atomic mass is 32.1. The van der Waals surface area contributed by atoms with Crippen molar-refractivity contribution in [1.29, 1.82) is 0 Å². The number of hydrogen-bond acceptors (Lipinski definition) is 4. The normalized spacial score (nSPS) is 15.0. The van der Waals surface area contributed by atoms with Crippen LogP contribution in [0.2, 0.25) is 0 Å². The first-order chi connectivity index (χ1) is 16.6. The van der Waals surface area contributed by atoms with Gasteiger partial charge in [-0.25, -0.2) is 0 Å². The summed E-state index contributed by atoms with van der Waals surface area (Å²) in [6, 6.07) is 30.4. The standard InChI is InChI=1S/C28H20N2O3S/c31-26-24(27(32)30(28(34)29-26)21-12-5-2-6-13-21)17-23-22-14-8-7-11-20(22)15-16-25(23)33-18-19-9-3-1-4-10-19/h1-17H,18H2,(H,29,31,34)/b24-17-. The van der Waals surface area contributed by atoms with Gasteiger partial charge >= 0.3 is 0 Å². The maximum Gasteiger partial charge on any atom is 0.270 e. The number of para-hydroxylation sites is 1. The number of carbonyl (C=O) groups excluding carboxylic acids is 2. The molecule has 2 amide bonds. The van der Waals surface area contributed by atoms with Gasteiger partial charge in [-0.15, -0.1) is 0 Å². The molecule has 1 fully saturated rings. The fourth-order valence-corrected chi connectivity index (χ4v) is 4.18. The number of amides is 2. The van der Waals surface area contributed by atoms with Crippen molar-refractivity contribution in [1.82, 2.24) is 5.32 Å². The van der Waals surface area contributed by atoms with Crippen LogP contribution in [-0.4, -0.2) is 16.9 Å². The van der Waals surface area contributed by atoms with Crippen LogP contribution in [-0.2, 0) is 16.2 Å². The smallest absolute Gasteiger partial charge is 0.270 e. The maximum atomic E-state index is 13.4. The van der Waals surface area contributed by atoms with Gasteiger partial charge in [-0.05, 0) is 52.8 Å². The Morgan fingerprint density at radius 1 is 0.824 bits per heavy atom. The molecule has 0 atom stereocenters. The quantitative estimate of drug-likeness (QED) is 0.249. The highest BCUT2D eigenvalue weighted by Crippen LogP contribution is 2.32. The van der Waals surface area contributed by atoms with Crippen molar-refractivity contribution in [3.8, 4) is 5.75 Å². The first-order valence-corrected chi connectivity index (χ1v) is 11.2. The van der Waals surface area contributed by atoms with E-state index in [0.717, 1.165) is 16.3 Å². The summed E-state index contributed by atoms with van der Waals surface area (Å²) in [5.41, 5.74) is 2.25. The van der Waals surface area contributed by atoms with Crippen molar-refractivity contribution < 1.29 is 14.3 Å². The molecule has 0 aromatic heterocycles. The summed E-state index contributed by atoms with van der Waals surface area (Å²) in [5, 5.41) is 4.54. The molecule has 1 aliphatic heterocycles. The first kappa shape index (κ1) is 21.6. The molecule has 0 radical (unpaired) electrons. The molecule has 4 aromatic carbocycles. The number of nitrogens with one attached hydrogen (secondary N) is 1. The SMILES string of the molecule is O=C1NC(=S)N(c2ccccc2)C(=O)/C1=C\c1c(OCc2ccccc2)ccc2ccccc12. The average Bonchev–Trinajstić information content (AvgIpc) is 2.87. The molecule has 6 heteroatoms. The summed E-state index contributed by atoms with van der Waals surface area (Å²) in [7, 11) is 0. The van der Waals surface area contributed by atoms with Crippen LogP contribution in [0.15, 0.2) is 103 Å². The first-order valence-electron chi connectivity index (χ1n) is 10.8. The van der Waals surface area contributed by atoms with E-state index in [1.807, 2.05) is 84.9 Å². The van der Waals surface area contributed by atoms with E-state index in [1.165, 1.54) is 4.90 Å². The van der Waals surface area contributed by atoms with Crippen LogP contribution in [0.25, 0.3) is 16.8 Å². The van der Waals surface area contributed by atoms with Crippen LogP contribution < -0.4 is 15.0 Å². The van der Waals surface area contributed by atoms with Gasteiger partial charge in [0.25, 0.3) is 11.8 Å². The van der Waals surface area contributed by atoms with Crippen LogP contribution in [0.5, 0.6) is 5.75 Å². The van der Waals surface area contributed by atoms with Crippen LogP contribution >= 0.6 is 12.2 Å². The lowest BCUT2D eigenvalue weighted by atomic mass is 9.99. The minimum absolute atomic E-state index is 0.0154. The summed E-state index contributed by atoms with van der Waals surface area (Å²) >= 11 is 5.30. The zero-order valence-corrected chi connectivity index (χ0v) is 18.9. The number of anilines is 1. The largest absolute Gasteiger partial charge is 0.488 e. The van der Waals surface area contributed by atoms with Crippen molar-refractivity contribution in [2.75, 3.05) is 4.90 Å². The fourth-order valence-electron chi connectivity index (χ4n) is 3.90. The molecule has 0 spiro atoms. The molecule has 34 heavy (non-hydrogen) atoms. The Bertz CT molecular complexity index is 1430. The molecule has 0 unspecified atom stereocenters. The Morgan fingerprint density at radius 2 is 1.50 bits per heavy atom. The van der Waals surface area contributed by atoms with E-state index in [0.29, 0.717) is 23.6 Å². The van der Waals surface area contributed by atoms with Gasteiger partial charge in [0, 0.05) is 5.56 Å². The van der Waals surface area contributed by atoms with Gasteiger partial charge < -0.3 is 4.74 Å². The molecule has 5 rings (SSSR count). The van der Waals surface area contributed by atoms with Gasteiger partial charge in [-0.2, -0.15) is 0 Å². The van der Waals surface area contributed by atoms with Crippen molar-refractivity contribution in [2.24, 2.45) is 0 Å². The Kier molecular flexibility index (Phi) is 5.89. The number of hydrogen-bond donors (Lipinski definition) is 1. The highest BCUT2D eigenvalue weighted by molar-refractivity contribution is 7.80. The van der Waals surface area contributed by atoms with E-state index in [2.05, 4.69) is 5.32 Å². The predicted octanol–water partition coefficient (Wildman–Crippen LogP) is 5.25. The molecular weight excluding hydrogens is 444 g/mol. The van der Waals surface area contributed by atoms with Gasteiger partial charge in [0.15, 0.2) is 5.11 Å². The zero-order chi connectivity index (χ0) is 23.5. The van der Waals surface area contributed by atoms with E-state index in [9.17, 15) is 9.59 Å². The number of thiocarbonyl (C=S) groups is 1. The summed E-state index contributed by atoms with van der Waals surface area (Å²) in [6.45, 7) is 0.357. The monoisotopic (exact) mass is 464 g/mol. The van der Waals surface area contributed by atoms with Crippen molar-refractivity contribution >= 4 is 51.7 Å². The van der Waals surface area contributed by atoms with E-state index in [1.54, 1.807) is 18.2 Å². The van der Waals surface area contributed by atoms with Gasteiger partial charge in [0.2, 0.25) is 0 Å². The predicted molar refractivity (Wildman–Crippen MR) is 137 cm³/mol. The number of ether oxygens (including phenoxy) is 1. The van der Waals surface area contributed by atoms with Gasteiger partial charge in [0.1, 0.15) is 17.9 Å². The topological polar surface area (TPSA) is 58.6 Å². The fraction of sp³-hybridized carbons (Fsp3) is 0.0357. The third-order valence-electron chi connectivity index (χ3n) is 5.57. The molecular formula is C28H20N2O3S. The minimum atomic E-state index is -0.538. The Morgan fingerprint density at radius 3 is 2.26 bits per heavy atom. The van der Waals surface area contributed by atoms with Crippen LogP contribution in [0.4, 0.5) is 5.69 Å². The lowest BCUT2D eigenvalue weighted by Gasteiger charge is -2.29. The summed E-state index contributed by atoms with van der Waals surface area (Å²) < 4.78 is 6.15. The molecule has 5 nitrogen and oxygen atoms in total. The highest BCUT2D eigenvalue weighted by Gasteiger charge is 2.34. The number of fused-ring (bicyclic) bond motifs is 1. The number of carbonyl (C=O) groups is 2. The maximum absolute atomic E-state index is 13.4. The molecule has 4 aromatic rings. The van der Waals surface area contributed by atoms with E-state index in [-0.39, 0.29) is 10.7 Å². The second kappa shape index (κ2) is 9.29. The van der Waals surface area contributed by atoms with E-state index >= 15 is 0 Å². The van der Waals surface area contributed by atoms with Crippen molar-refractivity contribution in [3.05, 3.63) is 114 Å². The zero-order valence-electron chi connectivity index (χ0n) is 18.1. The second-order valence-electron chi connectivity index (χ2n) is 7.77. The molecule has 1 aliphatic rings. The Hall–Kier alpha value is -4.29. The van der Waals surface area contributed by atoms with Gasteiger partial charge in [0.05, 0.1) is 5.69 Å². The Labute approximate surface area is 202 Å².